The molecule has 0 saturated heterocycles. The summed E-state index contributed by atoms with van der Waals surface area (Å²) in [6.45, 7) is 5.57. The van der Waals surface area contributed by atoms with Gasteiger partial charge in [0.25, 0.3) is 5.91 Å². The molecular formula is C32H36N4O7. The summed E-state index contributed by atoms with van der Waals surface area (Å²) in [6.07, 6.45) is -1.29. The molecule has 1 atom stereocenters. The molecule has 11 nitrogen and oxygen atoms in total. The summed E-state index contributed by atoms with van der Waals surface area (Å²) in [6, 6.07) is 22.5. The molecule has 0 saturated carbocycles. The first kappa shape index (κ1) is 30.9. The van der Waals surface area contributed by atoms with Gasteiger partial charge in [0, 0.05) is 18.7 Å². The molecule has 3 aromatic carbocycles. The fraction of sp³-hybridized carbons (Fsp3) is 0.312. The molecule has 11 heteroatoms. The Morgan fingerprint density at radius 3 is 2.42 bits per heavy atom. The molecule has 3 aromatic rings. The Labute approximate surface area is 250 Å². The lowest BCUT2D eigenvalue weighted by Gasteiger charge is -2.25. The number of alkyl carbamates (subject to hydrolysis) is 1. The van der Waals surface area contributed by atoms with Gasteiger partial charge < -0.3 is 29.7 Å². The molecule has 0 fully saturated rings. The lowest BCUT2D eigenvalue weighted by atomic mass is 10.1. The molecule has 43 heavy (non-hydrogen) atoms. The van der Waals surface area contributed by atoms with Crippen molar-refractivity contribution in [3.8, 4) is 5.75 Å². The van der Waals surface area contributed by atoms with E-state index in [0.29, 0.717) is 17.1 Å². The topological polar surface area (TPSA) is 135 Å². The van der Waals surface area contributed by atoms with Crippen LogP contribution in [0.25, 0.3) is 0 Å². The minimum Gasteiger partial charge on any atom is -0.489 e. The van der Waals surface area contributed by atoms with Crippen molar-refractivity contribution in [3.05, 3.63) is 90.0 Å². The van der Waals surface area contributed by atoms with E-state index in [2.05, 4.69) is 16.0 Å². The van der Waals surface area contributed by atoms with Crippen LogP contribution in [0.5, 0.6) is 5.75 Å². The van der Waals surface area contributed by atoms with Crippen LogP contribution in [0.3, 0.4) is 0 Å². The van der Waals surface area contributed by atoms with Crippen molar-refractivity contribution in [2.24, 2.45) is 0 Å². The van der Waals surface area contributed by atoms with Gasteiger partial charge >= 0.3 is 12.2 Å². The highest BCUT2D eigenvalue weighted by atomic mass is 16.6. The Hall–Kier alpha value is -5.06. The van der Waals surface area contributed by atoms with Gasteiger partial charge in [0.1, 0.15) is 30.6 Å². The van der Waals surface area contributed by atoms with Gasteiger partial charge in [-0.2, -0.15) is 0 Å². The van der Waals surface area contributed by atoms with Crippen molar-refractivity contribution in [1.29, 1.82) is 0 Å². The Bertz CT molecular complexity index is 1440. The number of nitrogens with zero attached hydrogens (tertiary/aromatic N) is 1. The fourth-order valence-electron chi connectivity index (χ4n) is 4.29. The van der Waals surface area contributed by atoms with Gasteiger partial charge in [0.05, 0.1) is 12.2 Å². The van der Waals surface area contributed by atoms with Crippen molar-refractivity contribution in [1.82, 2.24) is 10.6 Å². The number of fused-ring (bicyclic) bond motifs is 1. The van der Waals surface area contributed by atoms with Gasteiger partial charge in [0.2, 0.25) is 5.91 Å². The summed E-state index contributed by atoms with van der Waals surface area (Å²) >= 11 is 0. The SMILES string of the molecule is CC(C)(C)OC(=O)Nc1cccc(CN2C(=O)[C@H](NC(=O)CCNC(=O)OCc3ccccc3)COc3ccccc32)c1. The van der Waals surface area contributed by atoms with Crippen LogP contribution in [0, 0.1) is 0 Å². The van der Waals surface area contributed by atoms with E-state index in [-0.39, 0.29) is 38.6 Å². The van der Waals surface area contributed by atoms with Crippen LogP contribution in [-0.2, 0) is 32.2 Å². The van der Waals surface area contributed by atoms with Crippen LogP contribution in [0.15, 0.2) is 78.9 Å². The minimum atomic E-state index is -0.965. The summed E-state index contributed by atoms with van der Waals surface area (Å²) in [4.78, 5) is 52.2. The molecule has 0 aliphatic carbocycles. The van der Waals surface area contributed by atoms with Crippen LogP contribution in [-0.4, -0.2) is 48.8 Å². The lowest BCUT2D eigenvalue weighted by molar-refractivity contribution is -0.128. The van der Waals surface area contributed by atoms with Crippen LogP contribution in [0.2, 0.25) is 0 Å². The maximum absolute atomic E-state index is 13.7. The highest BCUT2D eigenvalue weighted by Crippen LogP contribution is 2.32. The van der Waals surface area contributed by atoms with Crippen LogP contribution in [0.4, 0.5) is 21.0 Å². The number of ether oxygens (including phenoxy) is 3. The number of amides is 4. The van der Waals surface area contributed by atoms with E-state index < -0.39 is 29.7 Å². The summed E-state index contributed by atoms with van der Waals surface area (Å²) in [7, 11) is 0. The number of hydrogen-bond acceptors (Lipinski definition) is 7. The van der Waals surface area contributed by atoms with Crippen LogP contribution < -0.4 is 25.6 Å². The number of rotatable bonds is 9. The van der Waals surface area contributed by atoms with E-state index in [1.807, 2.05) is 36.4 Å². The standard InChI is InChI=1S/C32H36N4O7/c1-32(2,3)43-31(40)34-24-13-9-12-23(18-24)19-36-26-14-7-8-15-27(26)41-21-25(29(36)38)35-28(37)16-17-33-30(39)42-20-22-10-5-4-6-11-22/h4-15,18,25H,16-17,19-21H2,1-3H3,(H,33,39)(H,34,40)(H,35,37)/t25-/m1/s1. The van der Waals surface area contributed by atoms with Crippen molar-refractivity contribution in [3.63, 3.8) is 0 Å². The second kappa shape index (κ2) is 14.2. The summed E-state index contributed by atoms with van der Waals surface area (Å²) in [5.74, 6) is -0.294. The van der Waals surface area contributed by atoms with Gasteiger partial charge in [-0.25, -0.2) is 9.59 Å². The smallest absolute Gasteiger partial charge is 0.412 e. The van der Waals surface area contributed by atoms with Gasteiger partial charge in [0.15, 0.2) is 0 Å². The third-order valence-electron chi connectivity index (χ3n) is 6.21. The Morgan fingerprint density at radius 1 is 0.930 bits per heavy atom. The number of benzene rings is 3. The summed E-state index contributed by atoms with van der Waals surface area (Å²) in [5.41, 5.74) is 2.00. The van der Waals surface area contributed by atoms with Crippen LogP contribution in [0.1, 0.15) is 38.3 Å². The third kappa shape index (κ3) is 9.49. The van der Waals surface area contributed by atoms with Crippen molar-refractivity contribution < 1.29 is 33.4 Å². The van der Waals surface area contributed by atoms with E-state index in [0.717, 1.165) is 11.1 Å². The second-order valence-corrected chi connectivity index (χ2v) is 10.9. The molecule has 0 bridgehead atoms. The monoisotopic (exact) mass is 588 g/mol. The van der Waals surface area contributed by atoms with Crippen molar-refractivity contribution in [2.45, 2.75) is 52.0 Å². The fourth-order valence-corrected chi connectivity index (χ4v) is 4.29. The van der Waals surface area contributed by atoms with Gasteiger partial charge in [-0.1, -0.05) is 54.6 Å². The third-order valence-corrected chi connectivity index (χ3v) is 6.21. The molecule has 0 aromatic heterocycles. The average molecular weight is 589 g/mol. The summed E-state index contributed by atoms with van der Waals surface area (Å²) in [5, 5.41) is 7.99. The van der Waals surface area contributed by atoms with E-state index in [1.54, 1.807) is 68.1 Å². The number of carbonyl (C=O) groups excluding carboxylic acids is 4. The predicted molar refractivity (Wildman–Crippen MR) is 161 cm³/mol. The molecule has 0 radical (unpaired) electrons. The quantitative estimate of drug-likeness (QED) is 0.328. The number of nitrogens with one attached hydrogen (secondary N) is 3. The van der Waals surface area contributed by atoms with Crippen molar-refractivity contribution in [2.75, 3.05) is 23.4 Å². The number of anilines is 2. The molecule has 4 rings (SSSR count). The van der Waals surface area contributed by atoms with Crippen molar-refractivity contribution >= 4 is 35.4 Å². The number of carbonyl (C=O) groups is 4. The van der Waals surface area contributed by atoms with Crippen LogP contribution >= 0.6 is 0 Å². The Balaban J connectivity index is 1.36. The van der Waals surface area contributed by atoms with Gasteiger partial charge in [-0.05, 0) is 56.2 Å². The number of para-hydroxylation sites is 2. The maximum atomic E-state index is 13.7. The molecule has 1 heterocycles. The first-order valence-corrected chi connectivity index (χ1v) is 13.9. The van der Waals surface area contributed by atoms with Gasteiger partial charge in [-0.15, -0.1) is 0 Å². The Morgan fingerprint density at radius 2 is 1.65 bits per heavy atom. The molecule has 4 amide bonds. The largest absolute Gasteiger partial charge is 0.489 e. The molecule has 1 aliphatic heterocycles. The normalized spacial score (nSPS) is 14.4. The molecular weight excluding hydrogens is 552 g/mol. The van der Waals surface area contributed by atoms with E-state index in [4.69, 9.17) is 14.2 Å². The molecule has 0 spiro atoms. The minimum absolute atomic E-state index is 0.0304. The molecule has 3 N–H and O–H groups in total. The first-order chi connectivity index (χ1) is 20.6. The lowest BCUT2D eigenvalue weighted by Crippen LogP contribution is -2.50. The zero-order valence-corrected chi connectivity index (χ0v) is 24.4. The summed E-state index contributed by atoms with van der Waals surface area (Å²) < 4.78 is 16.4. The van der Waals surface area contributed by atoms with E-state index >= 15 is 0 Å². The van der Waals surface area contributed by atoms with E-state index in [1.165, 1.54) is 0 Å². The molecule has 1 aliphatic rings. The number of hydrogen-bond donors (Lipinski definition) is 3. The highest BCUT2D eigenvalue weighted by Gasteiger charge is 2.32. The molecule has 226 valence electrons. The Kier molecular flexibility index (Phi) is 10.2. The zero-order chi connectivity index (χ0) is 30.8. The predicted octanol–water partition coefficient (Wildman–Crippen LogP) is 4.76. The first-order valence-electron chi connectivity index (χ1n) is 13.9. The second-order valence-electron chi connectivity index (χ2n) is 10.9. The maximum Gasteiger partial charge on any atom is 0.412 e. The van der Waals surface area contributed by atoms with Gasteiger partial charge in [-0.3, -0.25) is 14.9 Å². The van der Waals surface area contributed by atoms with E-state index in [9.17, 15) is 19.2 Å². The highest BCUT2D eigenvalue weighted by molar-refractivity contribution is 6.01. The molecule has 0 unspecified atom stereocenters. The average Bonchev–Trinajstić information content (AvgIpc) is 3.08. The zero-order valence-electron chi connectivity index (χ0n) is 24.4.